The second-order valence-corrected chi connectivity index (χ2v) is 7.55. The molecule has 0 aromatic heterocycles. The molecule has 0 nitrogen and oxygen atoms in total. The first-order chi connectivity index (χ1) is 12.7. The Morgan fingerprint density at radius 2 is 1.50 bits per heavy atom. The molecule has 3 aromatic rings. The van der Waals surface area contributed by atoms with Gasteiger partial charge in [-0.25, -0.2) is 8.78 Å². The highest BCUT2D eigenvalue weighted by Crippen LogP contribution is 2.37. The van der Waals surface area contributed by atoms with Gasteiger partial charge in [-0.15, -0.1) is 0 Å². The van der Waals surface area contributed by atoms with Crippen LogP contribution in [-0.2, 0) is 0 Å². The third-order valence-corrected chi connectivity index (χ3v) is 6.05. The van der Waals surface area contributed by atoms with Crippen molar-refractivity contribution < 1.29 is 8.78 Å². The lowest BCUT2D eigenvalue weighted by molar-refractivity contribution is 0.319. The Morgan fingerprint density at radius 3 is 2.19 bits per heavy atom. The van der Waals surface area contributed by atoms with Gasteiger partial charge in [-0.3, -0.25) is 0 Å². The molecule has 0 aliphatic heterocycles. The van der Waals surface area contributed by atoms with Gasteiger partial charge in [0.05, 0.1) is 0 Å². The average molecular weight is 350 g/mol. The van der Waals surface area contributed by atoms with E-state index in [0.717, 1.165) is 22.4 Å². The third-order valence-electron chi connectivity index (χ3n) is 6.05. The number of hydrogen-bond acceptors (Lipinski definition) is 0. The maximum absolute atomic E-state index is 13.9. The van der Waals surface area contributed by atoms with E-state index in [4.69, 9.17) is 0 Å². The average Bonchev–Trinajstić information content (AvgIpc) is 2.71. The fourth-order valence-corrected chi connectivity index (χ4v) is 4.30. The van der Waals surface area contributed by atoms with E-state index in [0.29, 0.717) is 11.3 Å². The Bertz CT molecular complexity index is 903. The molecule has 1 aliphatic carbocycles. The summed E-state index contributed by atoms with van der Waals surface area (Å²) in [5.74, 6) is 0.0216. The first-order valence-electron chi connectivity index (χ1n) is 9.64. The molecule has 2 heteroatoms. The zero-order chi connectivity index (χ0) is 18.1. The van der Waals surface area contributed by atoms with Crippen molar-refractivity contribution in [3.8, 4) is 11.1 Å². The van der Waals surface area contributed by atoms with Gasteiger partial charge in [0.25, 0.3) is 0 Å². The molecule has 0 bridgehead atoms. The molecule has 0 amide bonds. The van der Waals surface area contributed by atoms with Gasteiger partial charge >= 0.3 is 0 Å². The van der Waals surface area contributed by atoms with Gasteiger partial charge in [-0.2, -0.15) is 0 Å². The highest BCUT2D eigenvalue weighted by atomic mass is 19.2. The molecule has 0 heterocycles. The molecule has 0 saturated heterocycles. The van der Waals surface area contributed by atoms with Crippen molar-refractivity contribution in [3.63, 3.8) is 0 Å². The number of fused-ring (bicyclic) bond motifs is 1. The highest BCUT2D eigenvalue weighted by molar-refractivity contribution is 5.87. The van der Waals surface area contributed by atoms with Gasteiger partial charge in [0.2, 0.25) is 0 Å². The smallest absolute Gasteiger partial charge is 0.166 e. The van der Waals surface area contributed by atoms with Gasteiger partial charge in [-0.05, 0) is 71.7 Å². The quantitative estimate of drug-likeness (QED) is 0.459. The maximum atomic E-state index is 13.9. The molecule has 134 valence electrons. The van der Waals surface area contributed by atoms with Crippen LogP contribution in [0.4, 0.5) is 8.78 Å². The van der Waals surface area contributed by atoms with Crippen LogP contribution in [0.5, 0.6) is 0 Å². The topological polar surface area (TPSA) is 0 Å². The lowest BCUT2D eigenvalue weighted by Gasteiger charge is -2.28. The molecule has 0 N–H and O–H groups in total. The Balaban J connectivity index is 1.57. The minimum Gasteiger partial charge on any atom is -0.204 e. The summed E-state index contributed by atoms with van der Waals surface area (Å²) >= 11 is 0. The van der Waals surface area contributed by atoms with Crippen LogP contribution in [0.25, 0.3) is 21.9 Å². The van der Waals surface area contributed by atoms with Crippen LogP contribution in [-0.4, -0.2) is 0 Å². The summed E-state index contributed by atoms with van der Waals surface area (Å²) in [5, 5.41) is 1.06. The van der Waals surface area contributed by atoms with E-state index in [1.807, 2.05) is 12.1 Å². The van der Waals surface area contributed by atoms with Gasteiger partial charge in [0.1, 0.15) is 0 Å². The summed E-state index contributed by atoms with van der Waals surface area (Å²) in [6.07, 6.45) is 6.57. The van der Waals surface area contributed by atoms with Crippen molar-refractivity contribution in [2.24, 2.45) is 5.92 Å². The standard InChI is InChI=1S/C24H24F2/c1-2-16-3-5-17(6-4-16)18-7-9-19(10-8-18)20-11-13-22-21(15-20)12-14-23(25)24(22)26/h7-17H,2-6H2,1H3/t16-,17-. The van der Waals surface area contributed by atoms with Gasteiger partial charge in [0.15, 0.2) is 11.6 Å². The summed E-state index contributed by atoms with van der Waals surface area (Å²) in [7, 11) is 0. The van der Waals surface area contributed by atoms with Crippen molar-refractivity contribution in [1.82, 2.24) is 0 Å². The molecule has 0 unspecified atom stereocenters. The number of benzene rings is 3. The monoisotopic (exact) mass is 350 g/mol. The number of hydrogen-bond donors (Lipinski definition) is 0. The fraction of sp³-hybridized carbons (Fsp3) is 0.333. The summed E-state index contributed by atoms with van der Waals surface area (Å²) in [5.41, 5.74) is 3.57. The van der Waals surface area contributed by atoms with Crippen LogP contribution in [0.3, 0.4) is 0 Å². The number of rotatable bonds is 3. The van der Waals surface area contributed by atoms with E-state index in [-0.39, 0.29) is 0 Å². The second-order valence-electron chi connectivity index (χ2n) is 7.55. The molecular weight excluding hydrogens is 326 g/mol. The predicted octanol–water partition coefficient (Wildman–Crippen LogP) is 7.47. The normalized spacial score (nSPS) is 20.4. The summed E-state index contributed by atoms with van der Waals surface area (Å²) in [4.78, 5) is 0. The Morgan fingerprint density at radius 1 is 0.808 bits per heavy atom. The summed E-state index contributed by atoms with van der Waals surface area (Å²) in [6, 6.07) is 17.1. The summed E-state index contributed by atoms with van der Waals surface area (Å²) in [6.45, 7) is 2.30. The molecule has 1 aliphatic rings. The van der Waals surface area contributed by atoms with Gasteiger partial charge in [-0.1, -0.05) is 55.8 Å². The highest BCUT2D eigenvalue weighted by Gasteiger charge is 2.21. The van der Waals surface area contributed by atoms with Crippen LogP contribution in [0, 0.1) is 17.6 Å². The fourth-order valence-electron chi connectivity index (χ4n) is 4.30. The van der Waals surface area contributed by atoms with Gasteiger partial charge in [0, 0.05) is 5.39 Å². The van der Waals surface area contributed by atoms with Crippen molar-refractivity contribution in [1.29, 1.82) is 0 Å². The predicted molar refractivity (Wildman–Crippen MR) is 104 cm³/mol. The van der Waals surface area contributed by atoms with E-state index >= 15 is 0 Å². The van der Waals surface area contributed by atoms with Crippen molar-refractivity contribution in [2.45, 2.75) is 44.9 Å². The van der Waals surface area contributed by atoms with Crippen LogP contribution in [0.1, 0.15) is 50.5 Å². The zero-order valence-corrected chi connectivity index (χ0v) is 15.1. The molecule has 26 heavy (non-hydrogen) atoms. The van der Waals surface area contributed by atoms with Crippen LogP contribution < -0.4 is 0 Å². The molecule has 0 spiro atoms. The third kappa shape index (κ3) is 3.25. The minimum absolute atomic E-state index is 0.332. The van der Waals surface area contributed by atoms with E-state index in [9.17, 15) is 8.78 Å². The Kier molecular flexibility index (Phi) is 4.76. The van der Waals surface area contributed by atoms with E-state index in [1.54, 1.807) is 12.1 Å². The molecular formula is C24H24F2. The van der Waals surface area contributed by atoms with Crippen LogP contribution >= 0.6 is 0 Å². The Labute approximate surface area is 153 Å². The molecule has 3 aromatic carbocycles. The molecule has 0 atom stereocenters. The van der Waals surface area contributed by atoms with E-state index < -0.39 is 11.6 Å². The summed E-state index contributed by atoms with van der Waals surface area (Å²) < 4.78 is 27.2. The van der Waals surface area contributed by atoms with E-state index in [1.165, 1.54) is 43.7 Å². The van der Waals surface area contributed by atoms with Crippen molar-refractivity contribution in [3.05, 3.63) is 71.8 Å². The molecule has 0 radical (unpaired) electrons. The lowest BCUT2D eigenvalue weighted by atomic mass is 9.77. The second kappa shape index (κ2) is 7.19. The van der Waals surface area contributed by atoms with Crippen LogP contribution in [0.2, 0.25) is 0 Å². The first kappa shape index (κ1) is 17.2. The maximum Gasteiger partial charge on any atom is 0.166 e. The SMILES string of the molecule is CC[C@H]1CC[C@H](c2ccc(-c3ccc4c(F)c(F)ccc4c3)cc2)CC1. The molecule has 1 fully saturated rings. The largest absolute Gasteiger partial charge is 0.204 e. The van der Waals surface area contributed by atoms with E-state index in [2.05, 4.69) is 31.2 Å². The van der Waals surface area contributed by atoms with Crippen molar-refractivity contribution in [2.75, 3.05) is 0 Å². The van der Waals surface area contributed by atoms with Crippen LogP contribution in [0.15, 0.2) is 54.6 Å². The minimum atomic E-state index is -0.799. The molecule has 1 saturated carbocycles. The number of halogens is 2. The van der Waals surface area contributed by atoms with Gasteiger partial charge < -0.3 is 0 Å². The first-order valence-corrected chi connectivity index (χ1v) is 9.64. The zero-order valence-electron chi connectivity index (χ0n) is 15.1. The van der Waals surface area contributed by atoms with Crippen molar-refractivity contribution >= 4 is 10.8 Å². The lowest BCUT2D eigenvalue weighted by Crippen LogP contribution is -2.12. The Hall–Kier alpha value is -2.22. The molecule has 4 rings (SSSR count).